The number of nitrogens with one attached hydrogen (secondary N) is 1. The van der Waals surface area contributed by atoms with Crippen molar-refractivity contribution in [2.24, 2.45) is 5.92 Å². The van der Waals surface area contributed by atoms with Crippen molar-refractivity contribution >= 4 is 0 Å². The fraction of sp³-hybridized carbons (Fsp3) is 0.700. The van der Waals surface area contributed by atoms with E-state index in [2.05, 4.69) is 24.4 Å². The highest BCUT2D eigenvalue weighted by Crippen LogP contribution is 2.55. The minimum Gasteiger partial charge on any atom is -0.507 e. The third-order valence-electron chi connectivity index (χ3n) is 6.69. The predicted molar refractivity (Wildman–Crippen MR) is 90.5 cm³/mol. The third kappa shape index (κ3) is 2.03. The molecule has 4 rings (SSSR count). The topological polar surface area (TPSA) is 32.3 Å². The van der Waals surface area contributed by atoms with Crippen molar-refractivity contribution in [3.63, 3.8) is 0 Å². The lowest BCUT2D eigenvalue weighted by Crippen LogP contribution is -2.59. The molecule has 1 aromatic carbocycles. The average molecular weight is 299 g/mol. The van der Waals surface area contributed by atoms with Gasteiger partial charge in [-0.05, 0) is 67.7 Å². The second kappa shape index (κ2) is 5.56. The summed E-state index contributed by atoms with van der Waals surface area (Å²) < 4.78 is 0. The van der Waals surface area contributed by atoms with Gasteiger partial charge in [-0.2, -0.15) is 0 Å². The van der Waals surface area contributed by atoms with Crippen LogP contribution < -0.4 is 5.32 Å². The van der Waals surface area contributed by atoms with Gasteiger partial charge in [0.2, 0.25) is 0 Å². The van der Waals surface area contributed by atoms with Gasteiger partial charge in [0.15, 0.2) is 0 Å². The van der Waals surface area contributed by atoms with E-state index in [4.69, 9.17) is 0 Å². The summed E-state index contributed by atoms with van der Waals surface area (Å²) in [5.41, 5.74) is 4.32. The maximum Gasteiger partial charge on any atom is 0.122 e. The van der Waals surface area contributed by atoms with E-state index in [1.165, 1.54) is 61.6 Å². The fourth-order valence-corrected chi connectivity index (χ4v) is 5.62. The zero-order valence-electron chi connectivity index (χ0n) is 13.8. The normalized spacial score (nSPS) is 33.1. The number of phenolic OH excluding ortho intramolecular Hbond substituents is 1. The van der Waals surface area contributed by atoms with Crippen LogP contribution in [-0.4, -0.2) is 17.7 Å². The Balaban J connectivity index is 1.79. The molecule has 0 amide bonds. The summed E-state index contributed by atoms with van der Waals surface area (Å²) in [7, 11) is 0. The molecule has 120 valence electrons. The Labute approximate surface area is 134 Å². The van der Waals surface area contributed by atoms with Gasteiger partial charge in [0, 0.05) is 11.5 Å². The highest BCUT2D eigenvalue weighted by atomic mass is 16.3. The van der Waals surface area contributed by atoms with E-state index < -0.39 is 0 Å². The van der Waals surface area contributed by atoms with Crippen molar-refractivity contribution in [1.82, 2.24) is 5.32 Å². The minimum absolute atomic E-state index is 0.364. The molecule has 2 aliphatic carbocycles. The number of aromatic hydroxyl groups is 1. The lowest BCUT2D eigenvalue weighted by molar-refractivity contribution is 0.0788. The second-order valence-electron chi connectivity index (χ2n) is 7.73. The first-order valence-corrected chi connectivity index (χ1v) is 9.34. The molecule has 0 aromatic heterocycles. The quantitative estimate of drug-likeness (QED) is 0.881. The van der Waals surface area contributed by atoms with Crippen molar-refractivity contribution < 1.29 is 5.11 Å². The molecule has 3 atom stereocenters. The molecule has 1 heterocycles. The molecule has 2 nitrogen and oxygen atoms in total. The SMILES string of the molecule is CCCCc1ccc2c(c1O)C[C@H]1NCC[C@@]23CCCC[C@@H]13. The van der Waals surface area contributed by atoms with Gasteiger partial charge in [-0.25, -0.2) is 0 Å². The molecule has 2 heteroatoms. The molecule has 1 aromatic rings. The van der Waals surface area contributed by atoms with E-state index in [1.54, 1.807) is 0 Å². The third-order valence-corrected chi connectivity index (χ3v) is 6.69. The smallest absolute Gasteiger partial charge is 0.122 e. The minimum atomic E-state index is 0.364. The highest BCUT2D eigenvalue weighted by molar-refractivity contribution is 5.52. The number of benzene rings is 1. The Morgan fingerprint density at radius 3 is 3.05 bits per heavy atom. The van der Waals surface area contributed by atoms with Crippen LogP contribution in [0.25, 0.3) is 0 Å². The molecule has 22 heavy (non-hydrogen) atoms. The largest absolute Gasteiger partial charge is 0.507 e. The van der Waals surface area contributed by atoms with Crippen LogP contribution in [-0.2, 0) is 18.3 Å². The molecular weight excluding hydrogens is 270 g/mol. The van der Waals surface area contributed by atoms with E-state index in [-0.39, 0.29) is 0 Å². The Morgan fingerprint density at radius 1 is 1.27 bits per heavy atom. The number of hydrogen-bond donors (Lipinski definition) is 2. The van der Waals surface area contributed by atoms with Gasteiger partial charge < -0.3 is 10.4 Å². The molecule has 3 aliphatic rings. The number of rotatable bonds is 3. The molecule has 0 spiro atoms. The Hall–Kier alpha value is -1.02. The van der Waals surface area contributed by atoms with Crippen LogP contribution in [0.4, 0.5) is 0 Å². The molecule has 1 saturated carbocycles. The molecule has 0 radical (unpaired) electrons. The van der Waals surface area contributed by atoms with Gasteiger partial charge in [0.05, 0.1) is 0 Å². The Morgan fingerprint density at radius 2 is 2.18 bits per heavy atom. The van der Waals surface area contributed by atoms with Crippen molar-refractivity contribution in [3.8, 4) is 5.75 Å². The van der Waals surface area contributed by atoms with Crippen LogP contribution in [0.3, 0.4) is 0 Å². The van der Waals surface area contributed by atoms with E-state index in [0.717, 1.165) is 25.3 Å². The van der Waals surface area contributed by atoms with E-state index >= 15 is 0 Å². The molecule has 1 aliphatic heterocycles. The van der Waals surface area contributed by atoms with Crippen LogP contribution in [0.5, 0.6) is 5.75 Å². The molecule has 2 N–H and O–H groups in total. The van der Waals surface area contributed by atoms with Gasteiger partial charge in [-0.3, -0.25) is 0 Å². The summed E-state index contributed by atoms with van der Waals surface area (Å²) in [4.78, 5) is 0. The number of phenols is 1. The van der Waals surface area contributed by atoms with E-state index in [9.17, 15) is 5.11 Å². The molecule has 1 saturated heterocycles. The van der Waals surface area contributed by atoms with Gasteiger partial charge in [0.25, 0.3) is 0 Å². The van der Waals surface area contributed by atoms with E-state index in [0.29, 0.717) is 17.2 Å². The number of fused-ring (bicyclic) bond motifs is 1. The van der Waals surface area contributed by atoms with Gasteiger partial charge in [-0.1, -0.05) is 38.3 Å². The Bertz CT molecular complexity index is 563. The number of piperidine rings is 1. The first-order valence-electron chi connectivity index (χ1n) is 9.34. The summed E-state index contributed by atoms with van der Waals surface area (Å²) in [5.74, 6) is 1.42. The fourth-order valence-electron chi connectivity index (χ4n) is 5.62. The predicted octanol–water partition coefficient (Wildman–Crippen LogP) is 4.08. The first-order chi connectivity index (χ1) is 10.8. The van der Waals surface area contributed by atoms with E-state index in [1.807, 2.05) is 0 Å². The molecule has 2 bridgehead atoms. The van der Waals surface area contributed by atoms with Crippen LogP contribution >= 0.6 is 0 Å². The highest BCUT2D eigenvalue weighted by Gasteiger charge is 2.52. The summed E-state index contributed by atoms with van der Waals surface area (Å²) >= 11 is 0. The van der Waals surface area contributed by atoms with Crippen LogP contribution in [0, 0.1) is 5.92 Å². The van der Waals surface area contributed by atoms with Crippen molar-refractivity contribution in [2.75, 3.05) is 6.54 Å². The number of unbranched alkanes of at least 4 members (excludes halogenated alkanes) is 1. The standard InChI is InChI=1S/C20H29NO/c1-2-3-6-14-8-9-16-15(19(14)22)13-18-17-7-4-5-10-20(16,17)11-12-21-18/h8-9,17-18,21-22H,2-7,10-13H2,1H3/t17-,18+,20-/m0/s1. The van der Waals surface area contributed by atoms with Crippen molar-refractivity contribution in [3.05, 3.63) is 28.8 Å². The van der Waals surface area contributed by atoms with Gasteiger partial charge in [0.1, 0.15) is 5.75 Å². The maximum atomic E-state index is 10.9. The lowest BCUT2D eigenvalue weighted by atomic mass is 9.52. The molecule has 2 fully saturated rings. The van der Waals surface area contributed by atoms with Gasteiger partial charge >= 0.3 is 0 Å². The second-order valence-corrected chi connectivity index (χ2v) is 7.73. The summed E-state index contributed by atoms with van der Waals surface area (Å²) in [6.07, 6.45) is 11.1. The van der Waals surface area contributed by atoms with Crippen LogP contribution in [0.1, 0.15) is 68.6 Å². The van der Waals surface area contributed by atoms with Crippen LogP contribution in [0.2, 0.25) is 0 Å². The molecule has 0 unspecified atom stereocenters. The lowest BCUT2D eigenvalue weighted by Gasteiger charge is -2.56. The number of hydrogen-bond acceptors (Lipinski definition) is 2. The summed E-state index contributed by atoms with van der Waals surface area (Å²) in [6, 6.07) is 5.21. The molecular formula is C20H29NO. The zero-order chi connectivity index (χ0) is 15.2. The van der Waals surface area contributed by atoms with Crippen LogP contribution in [0.15, 0.2) is 12.1 Å². The average Bonchev–Trinajstić information content (AvgIpc) is 2.55. The van der Waals surface area contributed by atoms with Gasteiger partial charge in [-0.15, -0.1) is 0 Å². The first kappa shape index (κ1) is 14.6. The maximum absolute atomic E-state index is 10.9. The zero-order valence-corrected chi connectivity index (χ0v) is 13.8. The summed E-state index contributed by atoms with van der Waals surface area (Å²) in [6.45, 7) is 3.37. The van der Waals surface area contributed by atoms with Crippen molar-refractivity contribution in [1.29, 1.82) is 0 Å². The summed E-state index contributed by atoms with van der Waals surface area (Å²) in [5, 5.41) is 14.6. The number of aryl methyl sites for hydroxylation is 1. The Kier molecular flexibility index (Phi) is 3.68. The monoisotopic (exact) mass is 299 g/mol. The van der Waals surface area contributed by atoms with Crippen molar-refractivity contribution in [2.45, 2.75) is 76.2 Å².